The SMILES string of the molecule is CC(O)C(C)(C)CC#C/C=C\Cl. The van der Waals surface area contributed by atoms with Crippen molar-refractivity contribution >= 4 is 11.6 Å². The van der Waals surface area contributed by atoms with Crippen LogP contribution in [0.5, 0.6) is 0 Å². The minimum atomic E-state index is -0.341. The molecule has 2 heteroatoms. The van der Waals surface area contributed by atoms with Crippen LogP contribution in [0.3, 0.4) is 0 Å². The van der Waals surface area contributed by atoms with Crippen molar-refractivity contribution in [1.82, 2.24) is 0 Å². The van der Waals surface area contributed by atoms with Crippen molar-refractivity contribution in [2.24, 2.45) is 5.41 Å². The molecule has 0 aromatic carbocycles. The van der Waals surface area contributed by atoms with Crippen LogP contribution < -0.4 is 0 Å². The predicted molar refractivity (Wildman–Crippen MR) is 52.8 cm³/mol. The van der Waals surface area contributed by atoms with Crippen molar-refractivity contribution in [3.8, 4) is 11.8 Å². The summed E-state index contributed by atoms with van der Waals surface area (Å²) in [6, 6.07) is 0. The quantitative estimate of drug-likeness (QED) is 0.658. The van der Waals surface area contributed by atoms with Gasteiger partial charge in [-0.2, -0.15) is 0 Å². The summed E-state index contributed by atoms with van der Waals surface area (Å²) in [5, 5.41) is 9.32. The smallest absolute Gasteiger partial charge is 0.0572 e. The Morgan fingerprint density at radius 3 is 2.58 bits per heavy atom. The van der Waals surface area contributed by atoms with Gasteiger partial charge in [-0.1, -0.05) is 37.3 Å². The average Bonchev–Trinajstić information content (AvgIpc) is 1.98. The highest BCUT2D eigenvalue weighted by molar-refractivity contribution is 6.25. The summed E-state index contributed by atoms with van der Waals surface area (Å²) < 4.78 is 0. The number of halogens is 1. The van der Waals surface area contributed by atoms with Gasteiger partial charge in [-0.05, 0) is 13.0 Å². The van der Waals surface area contributed by atoms with Gasteiger partial charge in [-0.3, -0.25) is 0 Å². The fourth-order valence-electron chi connectivity index (χ4n) is 0.517. The van der Waals surface area contributed by atoms with E-state index in [-0.39, 0.29) is 11.5 Å². The molecular formula is C10H15ClO. The van der Waals surface area contributed by atoms with Gasteiger partial charge < -0.3 is 5.11 Å². The van der Waals surface area contributed by atoms with E-state index in [0.717, 1.165) is 0 Å². The maximum Gasteiger partial charge on any atom is 0.0572 e. The van der Waals surface area contributed by atoms with E-state index in [1.165, 1.54) is 5.54 Å². The van der Waals surface area contributed by atoms with Gasteiger partial charge in [0.15, 0.2) is 0 Å². The van der Waals surface area contributed by atoms with Crippen LogP contribution >= 0.6 is 11.6 Å². The van der Waals surface area contributed by atoms with Crippen molar-refractivity contribution in [2.75, 3.05) is 0 Å². The molecule has 0 radical (unpaired) electrons. The number of rotatable bonds is 2. The lowest BCUT2D eigenvalue weighted by Crippen LogP contribution is -2.25. The van der Waals surface area contributed by atoms with Crippen molar-refractivity contribution in [2.45, 2.75) is 33.3 Å². The highest BCUT2D eigenvalue weighted by atomic mass is 35.5. The molecule has 0 aliphatic heterocycles. The summed E-state index contributed by atoms with van der Waals surface area (Å²) in [6.45, 7) is 5.74. The van der Waals surface area contributed by atoms with E-state index in [0.29, 0.717) is 6.42 Å². The molecular weight excluding hydrogens is 172 g/mol. The van der Waals surface area contributed by atoms with E-state index >= 15 is 0 Å². The molecule has 1 nitrogen and oxygen atoms in total. The molecule has 0 spiro atoms. The summed E-state index contributed by atoms with van der Waals surface area (Å²) in [7, 11) is 0. The zero-order valence-electron chi connectivity index (χ0n) is 7.76. The monoisotopic (exact) mass is 186 g/mol. The van der Waals surface area contributed by atoms with E-state index in [1.807, 2.05) is 13.8 Å². The van der Waals surface area contributed by atoms with Gasteiger partial charge in [-0.15, -0.1) is 0 Å². The fourth-order valence-corrected chi connectivity index (χ4v) is 0.580. The predicted octanol–water partition coefficient (Wildman–Crippen LogP) is 2.54. The van der Waals surface area contributed by atoms with Crippen molar-refractivity contribution in [1.29, 1.82) is 0 Å². The number of aliphatic hydroxyl groups excluding tert-OH is 1. The molecule has 0 fully saturated rings. The van der Waals surface area contributed by atoms with Crippen LogP contribution in [-0.4, -0.2) is 11.2 Å². The lowest BCUT2D eigenvalue weighted by Gasteiger charge is -2.25. The molecule has 68 valence electrons. The van der Waals surface area contributed by atoms with E-state index in [4.69, 9.17) is 11.6 Å². The van der Waals surface area contributed by atoms with Crippen molar-refractivity contribution in [3.63, 3.8) is 0 Å². The summed E-state index contributed by atoms with van der Waals surface area (Å²) in [5.74, 6) is 5.70. The van der Waals surface area contributed by atoms with Gasteiger partial charge in [0.05, 0.1) is 6.10 Å². The van der Waals surface area contributed by atoms with Crippen LogP contribution in [0.25, 0.3) is 0 Å². The lowest BCUT2D eigenvalue weighted by molar-refractivity contribution is 0.0701. The second-order valence-electron chi connectivity index (χ2n) is 3.46. The Morgan fingerprint density at radius 2 is 2.17 bits per heavy atom. The first-order chi connectivity index (χ1) is 5.50. The zero-order valence-corrected chi connectivity index (χ0v) is 8.52. The summed E-state index contributed by atoms with van der Waals surface area (Å²) in [5.41, 5.74) is 1.23. The Balaban J connectivity index is 4.02. The van der Waals surface area contributed by atoms with Crippen LogP contribution in [0.4, 0.5) is 0 Å². The largest absolute Gasteiger partial charge is 0.393 e. The zero-order chi connectivity index (χ0) is 9.61. The molecule has 1 N–H and O–H groups in total. The Kier molecular flexibility index (Phi) is 5.04. The number of hydrogen-bond acceptors (Lipinski definition) is 1. The van der Waals surface area contributed by atoms with Gasteiger partial charge in [0.25, 0.3) is 0 Å². The minimum absolute atomic E-state index is 0.146. The number of allylic oxidation sites excluding steroid dienone is 1. The van der Waals surface area contributed by atoms with Crippen LogP contribution in [0, 0.1) is 17.3 Å². The highest BCUT2D eigenvalue weighted by Gasteiger charge is 2.22. The van der Waals surface area contributed by atoms with Gasteiger partial charge in [0.2, 0.25) is 0 Å². The molecule has 0 saturated carbocycles. The molecule has 0 bridgehead atoms. The molecule has 0 rings (SSSR count). The third-order valence-electron chi connectivity index (χ3n) is 1.92. The third kappa shape index (κ3) is 4.43. The Labute approximate surface area is 79.4 Å². The molecule has 0 amide bonds. The lowest BCUT2D eigenvalue weighted by atomic mass is 9.84. The molecule has 0 saturated heterocycles. The van der Waals surface area contributed by atoms with Gasteiger partial charge >= 0.3 is 0 Å². The molecule has 0 aromatic rings. The summed E-state index contributed by atoms with van der Waals surface area (Å²) >= 11 is 5.28. The normalized spacial score (nSPS) is 14.1. The summed E-state index contributed by atoms with van der Waals surface area (Å²) in [4.78, 5) is 0. The molecule has 1 atom stereocenters. The maximum atomic E-state index is 9.32. The van der Waals surface area contributed by atoms with Crippen molar-refractivity contribution < 1.29 is 5.11 Å². The van der Waals surface area contributed by atoms with E-state index in [1.54, 1.807) is 13.0 Å². The Morgan fingerprint density at radius 1 is 1.58 bits per heavy atom. The molecule has 0 aromatic heterocycles. The Bertz CT molecular complexity index is 206. The van der Waals surface area contributed by atoms with Gasteiger partial charge in [0.1, 0.15) is 0 Å². The molecule has 1 unspecified atom stereocenters. The minimum Gasteiger partial charge on any atom is -0.393 e. The molecule has 0 aliphatic carbocycles. The first kappa shape index (κ1) is 11.6. The second-order valence-corrected chi connectivity index (χ2v) is 3.71. The maximum absolute atomic E-state index is 9.32. The molecule has 0 heterocycles. The van der Waals surface area contributed by atoms with E-state index in [9.17, 15) is 5.11 Å². The standard InChI is InChI=1S/C10H15ClO/c1-9(12)10(2,3)7-5-4-6-8-11/h6,8-9,12H,7H2,1-3H3/b8-6-. The van der Waals surface area contributed by atoms with Crippen LogP contribution in [0.15, 0.2) is 11.6 Å². The van der Waals surface area contributed by atoms with Gasteiger partial charge in [-0.25, -0.2) is 0 Å². The van der Waals surface area contributed by atoms with E-state index < -0.39 is 0 Å². The van der Waals surface area contributed by atoms with Crippen LogP contribution in [0.2, 0.25) is 0 Å². The first-order valence-corrected chi connectivity index (χ1v) is 4.36. The third-order valence-corrected chi connectivity index (χ3v) is 2.05. The van der Waals surface area contributed by atoms with Gasteiger partial charge in [0, 0.05) is 17.4 Å². The average molecular weight is 187 g/mol. The van der Waals surface area contributed by atoms with Crippen molar-refractivity contribution in [3.05, 3.63) is 11.6 Å². The number of aliphatic hydroxyl groups is 1. The van der Waals surface area contributed by atoms with E-state index in [2.05, 4.69) is 11.8 Å². The Hall–Kier alpha value is -0.450. The highest BCUT2D eigenvalue weighted by Crippen LogP contribution is 2.23. The fraction of sp³-hybridized carbons (Fsp3) is 0.600. The van der Waals surface area contributed by atoms with Crippen LogP contribution in [-0.2, 0) is 0 Å². The van der Waals surface area contributed by atoms with Crippen LogP contribution in [0.1, 0.15) is 27.2 Å². The summed E-state index contributed by atoms with van der Waals surface area (Å²) in [6.07, 6.45) is 1.91. The second kappa shape index (κ2) is 5.24. The number of hydrogen-bond donors (Lipinski definition) is 1. The molecule has 12 heavy (non-hydrogen) atoms. The first-order valence-electron chi connectivity index (χ1n) is 3.92. The molecule has 0 aliphatic rings. The topological polar surface area (TPSA) is 20.2 Å².